The van der Waals surface area contributed by atoms with Crippen LogP contribution in [-0.2, 0) is 16.6 Å². The van der Waals surface area contributed by atoms with Crippen LogP contribution in [0.1, 0.15) is 5.56 Å². The van der Waals surface area contributed by atoms with Gasteiger partial charge in [0.2, 0.25) is 10.0 Å². The Kier molecular flexibility index (Phi) is 3.25. The molecule has 0 saturated carbocycles. The van der Waals surface area contributed by atoms with Gasteiger partial charge in [0.15, 0.2) is 0 Å². The van der Waals surface area contributed by atoms with Gasteiger partial charge in [-0.2, -0.15) is 0 Å². The van der Waals surface area contributed by atoms with E-state index in [1.54, 1.807) is 12.3 Å². The fraction of sp³-hybridized carbons (Fsp3) is 0.0714. The van der Waals surface area contributed by atoms with Crippen LogP contribution in [-0.4, -0.2) is 18.4 Å². The number of benzene rings is 1. The van der Waals surface area contributed by atoms with Crippen LogP contribution in [0.5, 0.6) is 0 Å². The van der Waals surface area contributed by atoms with Crippen LogP contribution in [0, 0.1) is 0 Å². The van der Waals surface area contributed by atoms with Gasteiger partial charge in [0.1, 0.15) is 4.90 Å². The van der Waals surface area contributed by atoms with E-state index in [0.717, 1.165) is 16.5 Å². The average Bonchev–Trinajstić information content (AvgIpc) is 2.94. The topological polar surface area (TPSA) is 74.8 Å². The predicted molar refractivity (Wildman–Crippen MR) is 76.6 cm³/mol. The summed E-state index contributed by atoms with van der Waals surface area (Å²) < 4.78 is 26.7. The van der Waals surface area contributed by atoms with Gasteiger partial charge in [-0.3, -0.25) is 4.98 Å². The molecule has 0 aliphatic heterocycles. The molecule has 20 heavy (non-hydrogen) atoms. The third-order valence-electron chi connectivity index (χ3n) is 3.03. The molecule has 2 aromatic heterocycles. The van der Waals surface area contributed by atoms with Gasteiger partial charge >= 0.3 is 0 Å². The molecule has 1 aromatic carbocycles. The highest BCUT2D eigenvalue weighted by molar-refractivity contribution is 7.89. The molecular formula is C14H13N3O2S. The molecule has 0 fully saturated rings. The number of hydrogen-bond acceptors (Lipinski definition) is 3. The smallest absolute Gasteiger partial charge is 0.242 e. The van der Waals surface area contributed by atoms with Gasteiger partial charge in [0, 0.05) is 30.7 Å². The van der Waals surface area contributed by atoms with Gasteiger partial charge < -0.3 is 4.98 Å². The summed E-state index contributed by atoms with van der Waals surface area (Å²) >= 11 is 0. The highest BCUT2D eigenvalue weighted by atomic mass is 32.2. The average molecular weight is 287 g/mol. The fourth-order valence-corrected chi connectivity index (χ4v) is 2.96. The molecule has 0 aliphatic rings. The van der Waals surface area contributed by atoms with E-state index in [1.807, 2.05) is 30.5 Å². The Morgan fingerprint density at radius 2 is 2.10 bits per heavy atom. The molecule has 0 unspecified atom stereocenters. The van der Waals surface area contributed by atoms with Gasteiger partial charge in [0.05, 0.1) is 0 Å². The molecule has 102 valence electrons. The molecule has 0 saturated heterocycles. The molecule has 6 heteroatoms. The Hall–Kier alpha value is -2.18. The van der Waals surface area contributed by atoms with Crippen molar-refractivity contribution in [1.29, 1.82) is 0 Å². The number of nitrogens with zero attached hydrogens (tertiary/aromatic N) is 1. The summed E-state index contributed by atoms with van der Waals surface area (Å²) in [7, 11) is -3.52. The second kappa shape index (κ2) is 5.07. The third-order valence-corrected chi connectivity index (χ3v) is 4.42. The lowest BCUT2D eigenvalue weighted by Gasteiger charge is -2.06. The molecular weight excluding hydrogens is 274 g/mol. The number of sulfonamides is 1. The first kappa shape index (κ1) is 12.8. The van der Waals surface area contributed by atoms with Crippen LogP contribution in [0.2, 0.25) is 0 Å². The highest BCUT2D eigenvalue weighted by Gasteiger charge is 2.13. The van der Waals surface area contributed by atoms with E-state index in [4.69, 9.17) is 0 Å². The van der Waals surface area contributed by atoms with Crippen molar-refractivity contribution < 1.29 is 8.42 Å². The molecule has 3 aromatic rings. The van der Waals surface area contributed by atoms with Gasteiger partial charge in [0.25, 0.3) is 0 Å². The van der Waals surface area contributed by atoms with Crippen LogP contribution in [0.3, 0.4) is 0 Å². The van der Waals surface area contributed by atoms with Crippen molar-refractivity contribution in [1.82, 2.24) is 14.7 Å². The molecule has 0 aliphatic carbocycles. The first-order valence-corrected chi connectivity index (χ1v) is 7.59. The van der Waals surface area contributed by atoms with Crippen LogP contribution >= 0.6 is 0 Å². The van der Waals surface area contributed by atoms with Crippen molar-refractivity contribution >= 4 is 20.9 Å². The van der Waals surface area contributed by atoms with Crippen molar-refractivity contribution in [3.8, 4) is 0 Å². The predicted octanol–water partition coefficient (Wildman–Crippen LogP) is 2.04. The summed E-state index contributed by atoms with van der Waals surface area (Å²) in [5.74, 6) is 0. The Labute approximate surface area is 116 Å². The molecule has 2 heterocycles. The Morgan fingerprint density at radius 3 is 2.90 bits per heavy atom. The lowest BCUT2D eigenvalue weighted by molar-refractivity contribution is 0.581. The largest absolute Gasteiger partial charge is 0.361 e. The van der Waals surface area contributed by atoms with Crippen LogP contribution in [0.15, 0.2) is 59.9 Å². The molecule has 0 bridgehead atoms. The SMILES string of the molecule is O=S(=O)(NCc1ccc2[nH]ccc2c1)c1cccnc1. The quantitative estimate of drug-likeness (QED) is 0.771. The van der Waals surface area contributed by atoms with Crippen LogP contribution in [0.25, 0.3) is 10.9 Å². The molecule has 0 spiro atoms. The van der Waals surface area contributed by atoms with Gasteiger partial charge in [-0.15, -0.1) is 0 Å². The summed E-state index contributed by atoms with van der Waals surface area (Å²) in [6.07, 6.45) is 4.73. The van der Waals surface area contributed by atoms with Gasteiger partial charge in [-0.1, -0.05) is 6.07 Å². The van der Waals surface area contributed by atoms with Crippen LogP contribution < -0.4 is 4.72 Å². The monoisotopic (exact) mass is 287 g/mol. The normalized spacial score (nSPS) is 11.8. The molecule has 0 amide bonds. The lowest BCUT2D eigenvalue weighted by atomic mass is 10.1. The summed E-state index contributed by atoms with van der Waals surface area (Å²) in [4.78, 5) is 7.08. The number of aromatic nitrogens is 2. The van der Waals surface area contributed by atoms with Crippen molar-refractivity contribution in [3.05, 3.63) is 60.6 Å². The van der Waals surface area contributed by atoms with E-state index < -0.39 is 10.0 Å². The standard InChI is InChI=1S/C14H13N3O2S/c18-20(19,13-2-1-6-15-10-13)17-9-11-3-4-14-12(8-11)5-7-16-14/h1-8,10,16-17H,9H2. The maximum atomic E-state index is 12.1. The lowest BCUT2D eigenvalue weighted by Crippen LogP contribution is -2.23. The Balaban J connectivity index is 1.79. The maximum absolute atomic E-state index is 12.1. The number of fused-ring (bicyclic) bond motifs is 1. The zero-order chi connectivity index (χ0) is 14.0. The summed E-state index contributed by atoms with van der Waals surface area (Å²) in [6.45, 7) is 0.248. The summed E-state index contributed by atoms with van der Waals surface area (Å²) in [5.41, 5.74) is 1.94. The fourth-order valence-electron chi connectivity index (χ4n) is 1.98. The molecule has 0 radical (unpaired) electrons. The highest BCUT2D eigenvalue weighted by Crippen LogP contribution is 2.15. The maximum Gasteiger partial charge on any atom is 0.242 e. The minimum atomic E-state index is -3.52. The van der Waals surface area contributed by atoms with E-state index in [-0.39, 0.29) is 11.4 Å². The van der Waals surface area contributed by atoms with Gasteiger partial charge in [-0.05, 0) is 41.3 Å². The van der Waals surface area contributed by atoms with Crippen molar-refractivity contribution in [2.45, 2.75) is 11.4 Å². The van der Waals surface area contributed by atoms with E-state index in [1.165, 1.54) is 12.3 Å². The number of aromatic amines is 1. The van der Waals surface area contributed by atoms with Crippen molar-refractivity contribution in [2.24, 2.45) is 0 Å². The number of H-pyrrole nitrogens is 1. The van der Waals surface area contributed by atoms with Gasteiger partial charge in [-0.25, -0.2) is 13.1 Å². The first-order chi connectivity index (χ1) is 9.65. The van der Waals surface area contributed by atoms with Crippen LogP contribution in [0.4, 0.5) is 0 Å². The summed E-state index contributed by atoms with van der Waals surface area (Å²) in [6, 6.07) is 10.9. The number of rotatable bonds is 4. The second-order valence-corrected chi connectivity index (χ2v) is 6.18. The first-order valence-electron chi connectivity index (χ1n) is 6.11. The number of pyridine rings is 1. The van der Waals surface area contributed by atoms with E-state index in [2.05, 4.69) is 14.7 Å². The minimum absolute atomic E-state index is 0.169. The molecule has 0 atom stereocenters. The molecule has 5 nitrogen and oxygen atoms in total. The van der Waals surface area contributed by atoms with E-state index in [9.17, 15) is 8.42 Å². The minimum Gasteiger partial charge on any atom is -0.361 e. The zero-order valence-corrected chi connectivity index (χ0v) is 11.4. The van der Waals surface area contributed by atoms with Crippen molar-refractivity contribution in [3.63, 3.8) is 0 Å². The summed E-state index contributed by atoms with van der Waals surface area (Å²) in [5, 5.41) is 1.06. The van der Waals surface area contributed by atoms with E-state index in [0.29, 0.717) is 0 Å². The van der Waals surface area contributed by atoms with E-state index >= 15 is 0 Å². The molecule has 3 rings (SSSR count). The number of hydrogen-bond donors (Lipinski definition) is 2. The third kappa shape index (κ3) is 2.56. The Bertz CT molecular complexity index is 826. The second-order valence-electron chi connectivity index (χ2n) is 4.41. The van der Waals surface area contributed by atoms with Crippen molar-refractivity contribution in [2.75, 3.05) is 0 Å². The number of nitrogens with one attached hydrogen (secondary N) is 2. The zero-order valence-electron chi connectivity index (χ0n) is 10.6. The Morgan fingerprint density at radius 1 is 1.20 bits per heavy atom. The molecule has 2 N–H and O–H groups in total.